The number of amides is 1. The SMILES string of the molecule is Cc1cnc2c(C(=O)NCCC3CCCCN3S(C)(=O)=O)cnn2c1. The lowest BCUT2D eigenvalue weighted by molar-refractivity contribution is 0.0951. The van der Waals surface area contributed by atoms with Gasteiger partial charge in [-0.15, -0.1) is 0 Å². The molecule has 1 amide bonds. The summed E-state index contributed by atoms with van der Waals surface area (Å²) in [7, 11) is -3.20. The molecule has 1 atom stereocenters. The van der Waals surface area contributed by atoms with Gasteiger partial charge in [0, 0.05) is 31.5 Å². The van der Waals surface area contributed by atoms with Crippen LogP contribution in [-0.2, 0) is 10.0 Å². The molecular weight excluding hydrogens is 342 g/mol. The molecule has 3 heterocycles. The maximum Gasteiger partial charge on any atom is 0.256 e. The fourth-order valence-electron chi connectivity index (χ4n) is 3.27. The van der Waals surface area contributed by atoms with Crippen LogP contribution >= 0.6 is 0 Å². The standard InChI is InChI=1S/C16H23N5O3S/c1-12-9-18-15-14(10-19-20(15)11-12)16(22)17-7-6-13-5-3-4-8-21(13)25(2,23)24/h9-11,13H,3-8H2,1-2H3,(H,17,22). The Morgan fingerprint density at radius 1 is 1.36 bits per heavy atom. The number of aryl methyl sites for hydroxylation is 1. The van der Waals surface area contributed by atoms with Gasteiger partial charge in [0.2, 0.25) is 10.0 Å². The molecule has 0 radical (unpaired) electrons. The highest BCUT2D eigenvalue weighted by Gasteiger charge is 2.29. The Balaban J connectivity index is 1.62. The van der Waals surface area contributed by atoms with Gasteiger partial charge in [-0.2, -0.15) is 9.40 Å². The van der Waals surface area contributed by atoms with E-state index >= 15 is 0 Å². The second-order valence-electron chi connectivity index (χ2n) is 6.53. The highest BCUT2D eigenvalue weighted by Crippen LogP contribution is 2.22. The van der Waals surface area contributed by atoms with Gasteiger partial charge in [-0.1, -0.05) is 6.42 Å². The molecule has 0 spiro atoms. The maximum absolute atomic E-state index is 12.4. The van der Waals surface area contributed by atoms with Crippen molar-refractivity contribution in [3.05, 3.63) is 29.7 Å². The van der Waals surface area contributed by atoms with Crippen LogP contribution in [0.25, 0.3) is 5.65 Å². The smallest absolute Gasteiger partial charge is 0.256 e. The first-order valence-electron chi connectivity index (χ1n) is 8.41. The first kappa shape index (κ1) is 17.8. The van der Waals surface area contributed by atoms with Crippen molar-refractivity contribution >= 4 is 21.6 Å². The Hall–Kier alpha value is -2.00. The van der Waals surface area contributed by atoms with Crippen molar-refractivity contribution in [1.82, 2.24) is 24.2 Å². The lowest BCUT2D eigenvalue weighted by atomic mass is 10.0. The molecule has 0 aromatic carbocycles. The lowest BCUT2D eigenvalue weighted by Gasteiger charge is -2.33. The van der Waals surface area contributed by atoms with E-state index in [0.717, 1.165) is 24.8 Å². The molecule has 1 aliphatic rings. The van der Waals surface area contributed by atoms with Gasteiger partial charge in [-0.25, -0.2) is 17.9 Å². The summed E-state index contributed by atoms with van der Waals surface area (Å²) in [4.78, 5) is 16.6. The monoisotopic (exact) mass is 365 g/mol. The molecule has 9 heteroatoms. The van der Waals surface area contributed by atoms with Crippen molar-refractivity contribution in [2.45, 2.75) is 38.6 Å². The number of fused-ring (bicyclic) bond motifs is 1. The van der Waals surface area contributed by atoms with E-state index < -0.39 is 10.0 Å². The van der Waals surface area contributed by atoms with Gasteiger partial charge < -0.3 is 5.32 Å². The molecule has 25 heavy (non-hydrogen) atoms. The quantitative estimate of drug-likeness (QED) is 0.852. The van der Waals surface area contributed by atoms with Crippen LogP contribution in [0.4, 0.5) is 0 Å². The highest BCUT2D eigenvalue weighted by atomic mass is 32.2. The molecule has 2 aromatic rings. The van der Waals surface area contributed by atoms with Gasteiger partial charge in [-0.05, 0) is 31.7 Å². The minimum absolute atomic E-state index is 0.0475. The van der Waals surface area contributed by atoms with E-state index in [0.29, 0.717) is 30.7 Å². The fraction of sp³-hybridized carbons (Fsp3) is 0.562. The minimum Gasteiger partial charge on any atom is -0.352 e. The summed E-state index contributed by atoms with van der Waals surface area (Å²) in [6.45, 7) is 2.89. The van der Waals surface area contributed by atoms with Crippen molar-refractivity contribution in [3.8, 4) is 0 Å². The number of piperidine rings is 1. The summed E-state index contributed by atoms with van der Waals surface area (Å²) in [5.74, 6) is -0.243. The fourth-order valence-corrected chi connectivity index (χ4v) is 4.49. The average Bonchev–Trinajstić information content (AvgIpc) is 2.97. The highest BCUT2D eigenvalue weighted by molar-refractivity contribution is 7.88. The first-order valence-corrected chi connectivity index (χ1v) is 10.3. The Kier molecular flexibility index (Phi) is 5.05. The number of carbonyl (C=O) groups excluding carboxylic acids is 1. The molecule has 2 aromatic heterocycles. The van der Waals surface area contributed by atoms with E-state index in [-0.39, 0.29) is 11.9 Å². The molecule has 8 nitrogen and oxygen atoms in total. The van der Waals surface area contributed by atoms with Crippen LogP contribution in [0.3, 0.4) is 0 Å². The molecular formula is C16H23N5O3S. The maximum atomic E-state index is 12.4. The second kappa shape index (κ2) is 7.09. The Bertz CT molecular complexity index is 877. The summed E-state index contributed by atoms with van der Waals surface area (Å²) in [6, 6.07) is -0.0475. The molecule has 0 saturated carbocycles. The van der Waals surface area contributed by atoms with Crippen molar-refractivity contribution < 1.29 is 13.2 Å². The van der Waals surface area contributed by atoms with E-state index in [4.69, 9.17) is 0 Å². The van der Waals surface area contributed by atoms with Crippen LogP contribution in [0, 0.1) is 6.92 Å². The summed E-state index contributed by atoms with van der Waals surface area (Å²) >= 11 is 0. The third-order valence-electron chi connectivity index (χ3n) is 4.49. The third kappa shape index (κ3) is 3.98. The number of nitrogens with one attached hydrogen (secondary N) is 1. The van der Waals surface area contributed by atoms with Gasteiger partial charge in [0.25, 0.3) is 5.91 Å². The summed E-state index contributed by atoms with van der Waals surface area (Å²) in [5.41, 5.74) is 1.89. The number of rotatable bonds is 5. The van der Waals surface area contributed by atoms with Crippen molar-refractivity contribution in [1.29, 1.82) is 0 Å². The van der Waals surface area contributed by atoms with Crippen LogP contribution in [0.1, 0.15) is 41.6 Å². The van der Waals surface area contributed by atoms with E-state index in [1.165, 1.54) is 12.5 Å². The number of nitrogens with zero attached hydrogens (tertiary/aromatic N) is 4. The minimum atomic E-state index is -3.20. The zero-order valence-electron chi connectivity index (χ0n) is 14.5. The number of hydrogen-bond donors (Lipinski definition) is 1. The first-order chi connectivity index (χ1) is 11.9. The molecule has 1 unspecified atom stereocenters. The normalized spacial score (nSPS) is 19.2. The van der Waals surface area contributed by atoms with Crippen LogP contribution in [0.2, 0.25) is 0 Å². The predicted octanol–water partition coefficient (Wildman–Crippen LogP) is 0.972. The van der Waals surface area contributed by atoms with Crippen LogP contribution < -0.4 is 5.32 Å². The van der Waals surface area contributed by atoms with Gasteiger partial charge in [-0.3, -0.25) is 4.79 Å². The molecule has 1 fully saturated rings. The number of hydrogen-bond acceptors (Lipinski definition) is 5. The predicted molar refractivity (Wildman–Crippen MR) is 93.9 cm³/mol. The van der Waals surface area contributed by atoms with Gasteiger partial charge in [0.1, 0.15) is 5.56 Å². The van der Waals surface area contributed by atoms with E-state index in [1.807, 2.05) is 13.1 Å². The summed E-state index contributed by atoms with van der Waals surface area (Å²) in [6.07, 6.45) is 9.60. The van der Waals surface area contributed by atoms with Crippen LogP contribution in [0.15, 0.2) is 18.6 Å². The molecule has 1 aliphatic heterocycles. The Labute approximate surface area is 147 Å². The van der Waals surface area contributed by atoms with Crippen LogP contribution in [-0.4, -0.2) is 58.6 Å². The van der Waals surface area contributed by atoms with E-state index in [2.05, 4.69) is 15.4 Å². The molecule has 0 aliphatic carbocycles. The topological polar surface area (TPSA) is 96.7 Å². The number of carbonyl (C=O) groups is 1. The lowest BCUT2D eigenvalue weighted by Crippen LogP contribution is -2.44. The summed E-state index contributed by atoms with van der Waals surface area (Å²) < 4.78 is 26.9. The molecule has 3 rings (SSSR count). The van der Waals surface area contributed by atoms with Crippen molar-refractivity contribution in [3.63, 3.8) is 0 Å². The van der Waals surface area contributed by atoms with Gasteiger partial charge in [0.05, 0.1) is 12.5 Å². The molecule has 136 valence electrons. The second-order valence-corrected chi connectivity index (χ2v) is 8.46. The zero-order chi connectivity index (χ0) is 18.0. The van der Waals surface area contributed by atoms with Crippen molar-refractivity contribution in [2.75, 3.05) is 19.3 Å². The van der Waals surface area contributed by atoms with E-state index in [1.54, 1.807) is 15.0 Å². The molecule has 1 saturated heterocycles. The van der Waals surface area contributed by atoms with Crippen molar-refractivity contribution in [2.24, 2.45) is 0 Å². The zero-order valence-corrected chi connectivity index (χ0v) is 15.3. The Morgan fingerprint density at radius 2 is 2.16 bits per heavy atom. The van der Waals surface area contributed by atoms with Crippen LogP contribution in [0.5, 0.6) is 0 Å². The average molecular weight is 365 g/mol. The molecule has 0 bridgehead atoms. The van der Waals surface area contributed by atoms with Gasteiger partial charge in [0.15, 0.2) is 5.65 Å². The Morgan fingerprint density at radius 3 is 2.92 bits per heavy atom. The largest absolute Gasteiger partial charge is 0.352 e. The third-order valence-corrected chi connectivity index (χ3v) is 5.83. The van der Waals surface area contributed by atoms with E-state index in [9.17, 15) is 13.2 Å². The molecule has 1 N–H and O–H groups in total. The summed E-state index contributed by atoms with van der Waals surface area (Å²) in [5, 5.41) is 7.01. The number of aromatic nitrogens is 3. The van der Waals surface area contributed by atoms with Gasteiger partial charge >= 0.3 is 0 Å². The number of sulfonamides is 1.